The molecule has 1 aliphatic heterocycles. The highest BCUT2D eigenvalue weighted by Gasteiger charge is 2.24. The largest absolute Gasteiger partial charge is 0.427 e. The van der Waals surface area contributed by atoms with Crippen LogP contribution in [0.15, 0.2) is 24.3 Å². The molecule has 0 aliphatic carbocycles. The highest BCUT2D eigenvalue weighted by molar-refractivity contribution is 6.27. The average molecular weight is 325 g/mol. The number of piperazine rings is 1. The summed E-state index contributed by atoms with van der Waals surface area (Å²) in [7, 11) is 0. The normalized spacial score (nSPS) is 14.6. The number of alkyl halides is 1. The number of carbonyl (C=O) groups excluding carboxylic acids is 3. The second-order valence-electron chi connectivity index (χ2n) is 4.93. The maximum absolute atomic E-state index is 12.4. The van der Waals surface area contributed by atoms with Gasteiger partial charge in [0.05, 0.1) is 0 Å². The van der Waals surface area contributed by atoms with Crippen molar-refractivity contribution in [3.8, 4) is 5.75 Å². The van der Waals surface area contributed by atoms with E-state index in [1.54, 1.807) is 34.1 Å². The van der Waals surface area contributed by atoms with Crippen molar-refractivity contribution in [1.82, 2.24) is 9.80 Å². The van der Waals surface area contributed by atoms with Gasteiger partial charge in [0.15, 0.2) is 0 Å². The minimum Gasteiger partial charge on any atom is -0.427 e. The molecule has 1 aromatic rings. The van der Waals surface area contributed by atoms with Crippen molar-refractivity contribution in [2.75, 3.05) is 32.1 Å². The van der Waals surface area contributed by atoms with Crippen LogP contribution in [0.5, 0.6) is 5.75 Å². The van der Waals surface area contributed by atoms with Crippen molar-refractivity contribution in [1.29, 1.82) is 0 Å². The molecule has 0 aromatic heterocycles. The molecule has 0 atom stereocenters. The number of benzene rings is 1. The zero-order valence-electron chi connectivity index (χ0n) is 12.3. The van der Waals surface area contributed by atoms with E-state index in [9.17, 15) is 14.4 Å². The van der Waals surface area contributed by atoms with E-state index in [1.165, 1.54) is 6.92 Å². The first-order chi connectivity index (χ1) is 10.5. The Bertz CT molecular complexity index is 583. The Kier molecular flexibility index (Phi) is 5.38. The number of hydrogen-bond acceptors (Lipinski definition) is 4. The van der Waals surface area contributed by atoms with Crippen LogP contribution in [0.25, 0.3) is 0 Å². The third-order valence-electron chi connectivity index (χ3n) is 3.38. The second-order valence-corrected chi connectivity index (χ2v) is 5.20. The summed E-state index contributed by atoms with van der Waals surface area (Å²) in [4.78, 5) is 38.2. The zero-order valence-corrected chi connectivity index (χ0v) is 13.0. The van der Waals surface area contributed by atoms with E-state index in [0.717, 1.165) is 0 Å². The molecule has 2 amide bonds. The van der Waals surface area contributed by atoms with Gasteiger partial charge in [-0.2, -0.15) is 0 Å². The van der Waals surface area contributed by atoms with Crippen LogP contribution in [-0.2, 0) is 9.59 Å². The number of hydrogen-bond donors (Lipinski definition) is 0. The number of ether oxygens (including phenoxy) is 1. The molecule has 1 fully saturated rings. The number of esters is 1. The van der Waals surface area contributed by atoms with Crippen LogP contribution in [0.4, 0.5) is 0 Å². The van der Waals surface area contributed by atoms with E-state index in [2.05, 4.69) is 0 Å². The molecule has 0 radical (unpaired) electrons. The molecule has 0 N–H and O–H groups in total. The predicted octanol–water partition coefficient (Wildman–Crippen LogP) is 1.14. The lowest BCUT2D eigenvalue weighted by atomic mass is 10.1. The SMILES string of the molecule is CC(=O)Oc1cccc(C(=O)N2CCN(C(=O)CCl)CC2)c1. The summed E-state index contributed by atoms with van der Waals surface area (Å²) in [6.45, 7) is 3.17. The number of halogens is 1. The summed E-state index contributed by atoms with van der Waals surface area (Å²) < 4.78 is 4.98. The molecule has 0 spiro atoms. The van der Waals surface area contributed by atoms with Gasteiger partial charge in [0, 0.05) is 38.7 Å². The van der Waals surface area contributed by atoms with Crippen molar-refractivity contribution in [3.05, 3.63) is 29.8 Å². The van der Waals surface area contributed by atoms with E-state index in [1.807, 2.05) is 0 Å². The quantitative estimate of drug-likeness (QED) is 0.475. The number of carbonyl (C=O) groups is 3. The summed E-state index contributed by atoms with van der Waals surface area (Å²) in [5.74, 6) is -0.400. The van der Waals surface area contributed by atoms with Crippen molar-refractivity contribution in [2.45, 2.75) is 6.92 Å². The van der Waals surface area contributed by atoms with Gasteiger partial charge in [0.2, 0.25) is 5.91 Å². The van der Waals surface area contributed by atoms with E-state index >= 15 is 0 Å². The molecule has 0 saturated carbocycles. The van der Waals surface area contributed by atoms with Crippen molar-refractivity contribution in [2.24, 2.45) is 0 Å². The van der Waals surface area contributed by atoms with E-state index in [-0.39, 0.29) is 17.7 Å². The highest BCUT2D eigenvalue weighted by atomic mass is 35.5. The molecule has 1 aliphatic rings. The van der Waals surface area contributed by atoms with Crippen LogP contribution in [0.2, 0.25) is 0 Å². The van der Waals surface area contributed by atoms with Gasteiger partial charge < -0.3 is 14.5 Å². The van der Waals surface area contributed by atoms with Crippen molar-refractivity contribution in [3.63, 3.8) is 0 Å². The molecule has 2 rings (SSSR count). The predicted molar refractivity (Wildman–Crippen MR) is 81.0 cm³/mol. The zero-order chi connectivity index (χ0) is 16.1. The Morgan fingerprint density at radius 1 is 1.14 bits per heavy atom. The van der Waals surface area contributed by atoms with Crippen LogP contribution >= 0.6 is 11.6 Å². The van der Waals surface area contributed by atoms with Gasteiger partial charge in [-0.15, -0.1) is 11.6 Å². The minimum absolute atomic E-state index is 0.0433. The third kappa shape index (κ3) is 3.98. The fourth-order valence-electron chi connectivity index (χ4n) is 2.28. The van der Waals surface area contributed by atoms with Crippen molar-refractivity contribution >= 4 is 29.4 Å². The monoisotopic (exact) mass is 324 g/mol. The topological polar surface area (TPSA) is 66.9 Å². The van der Waals surface area contributed by atoms with E-state index < -0.39 is 5.97 Å². The Labute approximate surface area is 133 Å². The van der Waals surface area contributed by atoms with Gasteiger partial charge in [-0.25, -0.2) is 0 Å². The van der Waals surface area contributed by atoms with Crippen LogP contribution in [0.3, 0.4) is 0 Å². The Morgan fingerprint density at radius 2 is 1.77 bits per heavy atom. The smallest absolute Gasteiger partial charge is 0.308 e. The van der Waals surface area contributed by atoms with Crippen LogP contribution < -0.4 is 4.74 Å². The summed E-state index contributed by atoms with van der Waals surface area (Å²) in [5, 5.41) is 0. The highest BCUT2D eigenvalue weighted by Crippen LogP contribution is 2.16. The first-order valence-corrected chi connectivity index (χ1v) is 7.46. The first kappa shape index (κ1) is 16.3. The van der Waals surface area contributed by atoms with Gasteiger partial charge in [-0.05, 0) is 18.2 Å². The van der Waals surface area contributed by atoms with Gasteiger partial charge >= 0.3 is 5.97 Å². The van der Waals surface area contributed by atoms with Crippen LogP contribution in [0.1, 0.15) is 17.3 Å². The van der Waals surface area contributed by atoms with Crippen LogP contribution in [-0.4, -0.2) is 59.6 Å². The number of amides is 2. The van der Waals surface area contributed by atoms with Gasteiger partial charge in [-0.1, -0.05) is 6.07 Å². The van der Waals surface area contributed by atoms with Gasteiger partial charge in [-0.3, -0.25) is 14.4 Å². The lowest BCUT2D eigenvalue weighted by Crippen LogP contribution is -2.50. The van der Waals surface area contributed by atoms with Gasteiger partial charge in [0.25, 0.3) is 5.91 Å². The molecule has 1 saturated heterocycles. The summed E-state index contributed by atoms with van der Waals surface area (Å²) in [5.41, 5.74) is 0.455. The first-order valence-electron chi connectivity index (χ1n) is 6.92. The maximum atomic E-state index is 12.4. The Balaban J connectivity index is 2.01. The lowest BCUT2D eigenvalue weighted by Gasteiger charge is -2.34. The fraction of sp³-hybridized carbons (Fsp3) is 0.400. The number of rotatable bonds is 3. The molecule has 1 aromatic carbocycles. The van der Waals surface area contributed by atoms with E-state index in [0.29, 0.717) is 37.5 Å². The van der Waals surface area contributed by atoms with Crippen LogP contribution in [0, 0.1) is 0 Å². The van der Waals surface area contributed by atoms with E-state index in [4.69, 9.17) is 16.3 Å². The molecule has 6 nitrogen and oxygen atoms in total. The molecule has 22 heavy (non-hydrogen) atoms. The van der Waals surface area contributed by atoms with Crippen molar-refractivity contribution < 1.29 is 19.1 Å². The number of nitrogens with zero attached hydrogens (tertiary/aromatic N) is 2. The molecule has 7 heteroatoms. The Morgan fingerprint density at radius 3 is 2.36 bits per heavy atom. The molecule has 1 heterocycles. The summed E-state index contributed by atoms with van der Waals surface area (Å²) >= 11 is 5.53. The molecule has 0 unspecified atom stereocenters. The molecule has 0 bridgehead atoms. The standard InChI is InChI=1S/C15H17ClN2O4/c1-11(19)22-13-4-2-3-12(9-13)15(21)18-7-5-17(6-8-18)14(20)10-16/h2-4,9H,5-8,10H2,1H3. The minimum atomic E-state index is -0.433. The maximum Gasteiger partial charge on any atom is 0.308 e. The fourth-order valence-corrected chi connectivity index (χ4v) is 2.45. The molecular formula is C15H17ClN2O4. The summed E-state index contributed by atoms with van der Waals surface area (Å²) in [6, 6.07) is 6.50. The average Bonchev–Trinajstić information content (AvgIpc) is 2.53. The molecule has 118 valence electrons. The molecular weight excluding hydrogens is 308 g/mol. The third-order valence-corrected chi connectivity index (χ3v) is 3.61. The lowest BCUT2D eigenvalue weighted by molar-refractivity contribution is -0.132. The Hall–Kier alpha value is -2.08. The summed E-state index contributed by atoms with van der Waals surface area (Å²) in [6.07, 6.45) is 0. The van der Waals surface area contributed by atoms with Gasteiger partial charge in [0.1, 0.15) is 11.6 Å². The second kappa shape index (κ2) is 7.26.